The molecular weight excluding hydrogens is 362 g/mol. The highest BCUT2D eigenvalue weighted by molar-refractivity contribution is 7.89. The molecule has 0 aliphatic carbocycles. The van der Waals surface area contributed by atoms with Crippen molar-refractivity contribution in [2.24, 2.45) is 0 Å². The van der Waals surface area contributed by atoms with Gasteiger partial charge in [0.25, 0.3) is 0 Å². The summed E-state index contributed by atoms with van der Waals surface area (Å²) >= 11 is 0. The van der Waals surface area contributed by atoms with E-state index in [4.69, 9.17) is 0 Å². The average Bonchev–Trinajstić information content (AvgIpc) is 3.31. The summed E-state index contributed by atoms with van der Waals surface area (Å²) in [5, 5.41) is 12.5. The fourth-order valence-electron chi connectivity index (χ4n) is 3.60. The van der Waals surface area contributed by atoms with Gasteiger partial charge in [-0.05, 0) is 30.3 Å². The van der Waals surface area contributed by atoms with E-state index in [1.807, 2.05) is 36.4 Å². The van der Waals surface area contributed by atoms with Crippen LogP contribution in [0.4, 0.5) is 0 Å². The lowest BCUT2D eigenvalue weighted by Crippen LogP contribution is -2.46. The van der Waals surface area contributed by atoms with Gasteiger partial charge in [-0.2, -0.15) is 9.40 Å². The summed E-state index contributed by atoms with van der Waals surface area (Å²) in [5.41, 5.74) is 3.54. The zero-order valence-electron chi connectivity index (χ0n) is 14.6. The molecule has 0 atom stereocenters. The first-order valence-electron chi connectivity index (χ1n) is 8.90. The van der Waals surface area contributed by atoms with Crippen LogP contribution in [-0.2, 0) is 10.0 Å². The second-order valence-electron chi connectivity index (χ2n) is 6.70. The fourth-order valence-corrected chi connectivity index (χ4v) is 5.08. The van der Waals surface area contributed by atoms with Crippen LogP contribution in [0.3, 0.4) is 0 Å². The van der Waals surface area contributed by atoms with Crippen LogP contribution in [0.25, 0.3) is 33.2 Å². The van der Waals surface area contributed by atoms with E-state index in [0.29, 0.717) is 31.1 Å². The minimum Gasteiger partial charge on any atom is -0.353 e. The standard InChI is InChI=1S/C19H19N5O2S/c25-27(26,24-9-7-20-8-10-24)14-5-6-16-13(11-14)12-18(21-16)19-15-3-1-2-4-17(15)22-23-19/h1-6,11-12,20-21H,7-10H2,(H,22,23). The summed E-state index contributed by atoms with van der Waals surface area (Å²) in [6.45, 7) is 2.36. The lowest BCUT2D eigenvalue weighted by molar-refractivity contribution is 0.360. The van der Waals surface area contributed by atoms with Crippen LogP contribution < -0.4 is 5.32 Å². The number of benzene rings is 2. The van der Waals surface area contributed by atoms with Crippen molar-refractivity contribution in [1.29, 1.82) is 0 Å². The number of aromatic nitrogens is 3. The Morgan fingerprint density at radius 1 is 0.963 bits per heavy atom. The Morgan fingerprint density at radius 3 is 2.63 bits per heavy atom. The smallest absolute Gasteiger partial charge is 0.243 e. The minimum absolute atomic E-state index is 0.328. The van der Waals surface area contributed by atoms with Crippen molar-refractivity contribution in [3.8, 4) is 11.4 Å². The molecule has 27 heavy (non-hydrogen) atoms. The van der Waals surface area contributed by atoms with E-state index in [1.165, 1.54) is 0 Å². The van der Waals surface area contributed by atoms with Crippen LogP contribution in [-0.4, -0.2) is 54.1 Å². The average molecular weight is 381 g/mol. The number of piperazine rings is 1. The van der Waals surface area contributed by atoms with Crippen molar-refractivity contribution in [2.45, 2.75) is 4.90 Å². The molecule has 0 saturated carbocycles. The van der Waals surface area contributed by atoms with E-state index in [1.54, 1.807) is 16.4 Å². The zero-order chi connectivity index (χ0) is 18.4. The van der Waals surface area contributed by atoms with Gasteiger partial charge in [0.2, 0.25) is 10.0 Å². The van der Waals surface area contributed by atoms with Crippen LogP contribution in [0.2, 0.25) is 0 Å². The highest BCUT2D eigenvalue weighted by Crippen LogP contribution is 2.30. The largest absolute Gasteiger partial charge is 0.353 e. The first-order valence-corrected chi connectivity index (χ1v) is 10.3. The maximum absolute atomic E-state index is 12.9. The van der Waals surface area contributed by atoms with Crippen LogP contribution in [0.5, 0.6) is 0 Å². The summed E-state index contributed by atoms with van der Waals surface area (Å²) in [4.78, 5) is 3.68. The third-order valence-corrected chi connectivity index (χ3v) is 6.93. The van der Waals surface area contributed by atoms with Crippen molar-refractivity contribution in [1.82, 2.24) is 24.8 Å². The summed E-state index contributed by atoms with van der Waals surface area (Å²) in [7, 11) is -3.48. The van der Waals surface area contributed by atoms with Crippen molar-refractivity contribution >= 4 is 31.8 Å². The molecular formula is C19H19N5O2S. The SMILES string of the molecule is O=S(=O)(c1ccc2[nH]c(-c3n[nH]c4ccccc34)cc2c1)N1CCNCC1. The first-order chi connectivity index (χ1) is 13.1. The molecule has 0 unspecified atom stereocenters. The first kappa shape index (κ1) is 16.5. The number of nitrogens with zero attached hydrogens (tertiary/aromatic N) is 2. The molecule has 0 radical (unpaired) electrons. The maximum atomic E-state index is 12.9. The Bertz CT molecular complexity index is 1240. The molecule has 7 nitrogen and oxygen atoms in total. The zero-order valence-corrected chi connectivity index (χ0v) is 15.4. The van der Waals surface area contributed by atoms with Gasteiger partial charge in [-0.15, -0.1) is 0 Å². The molecule has 0 spiro atoms. The number of nitrogens with one attached hydrogen (secondary N) is 3. The van der Waals surface area contributed by atoms with Crippen molar-refractivity contribution in [2.75, 3.05) is 26.2 Å². The number of aromatic amines is 2. The van der Waals surface area contributed by atoms with Gasteiger partial charge in [-0.1, -0.05) is 18.2 Å². The Labute approximate surface area is 156 Å². The van der Waals surface area contributed by atoms with E-state index in [0.717, 1.165) is 33.2 Å². The molecule has 0 amide bonds. The van der Waals surface area contributed by atoms with Gasteiger partial charge in [0.15, 0.2) is 0 Å². The van der Waals surface area contributed by atoms with Crippen LogP contribution in [0.1, 0.15) is 0 Å². The molecule has 3 N–H and O–H groups in total. The van der Waals surface area contributed by atoms with Gasteiger partial charge in [0.05, 0.1) is 16.1 Å². The molecule has 138 valence electrons. The fraction of sp³-hybridized carbons (Fsp3) is 0.211. The van der Waals surface area contributed by atoms with Gasteiger partial charge in [0, 0.05) is 42.5 Å². The van der Waals surface area contributed by atoms with Crippen LogP contribution in [0.15, 0.2) is 53.4 Å². The lowest BCUT2D eigenvalue weighted by Gasteiger charge is -2.26. The molecule has 1 aliphatic heterocycles. The van der Waals surface area contributed by atoms with Gasteiger partial charge in [0.1, 0.15) is 5.69 Å². The van der Waals surface area contributed by atoms with Gasteiger partial charge in [-0.3, -0.25) is 5.10 Å². The minimum atomic E-state index is -3.48. The Hall–Kier alpha value is -2.68. The molecule has 0 bridgehead atoms. The van der Waals surface area contributed by atoms with E-state index < -0.39 is 10.0 Å². The van der Waals surface area contributed by atoms with Crippen molar-refractivity contribution in [3.63, 3.8) is 0 Å². The third kappa shape index (κ3) is 2.73. The number of H-pyrrole nitrogens is 2. The molecule has 1 fully saturated rings. The molecule has 5 rings (SSSR count). The Kier molecular flexibility index (Phi) is 3.78. The number of hydrogen-bond donors (Lipinski definition) is 3. The highest BCUT2D eigenvalue weighted by Gasteiger charge is 2.26. The molecule has 2 aromatic heterocycles. The number of rotatable bonds is 3. The van der Waals surface area contributed by atoms with E-state index in [-0.39, 0.29) is 0 Å². The Morgan fingerprint density at radius 2 is 1.78 bits per heavy atom. The van der Waals surface area contributed by atoms with E-state index in [2.05, 4.69) is 20.5 Å². The summed E-state index contributed by atoms with van der Waals surface area (Å²) in [5.74, 6) is 0. The van der Waals surface area contributed by atoms with E-state index in [9.17, 15) is 8.42 Å². The third-order valence-electron chi connectivity index (χ3n) is 5.03. The normalized spacial score (nSPS) is 16.3. The van der Waals surface area contributed by atoms with Crippen LogP contribution >= 0.6 is 0 Å². The second kappa shape index (κ2) is 6.19. The van der Waals surface area contributed by atoms with Gasteiger partial charge < -0.3 is 10.3 Å². The van der Waals surface area contributed by atoms with Crippen molar-refractivity contribution < 1.29 is 8.42 Å². The second-order valence-corrected chi connectivity index (χ2v) is 8.64. The number of fused-ring (bicyclic) bond motifs is 2. The molecule has 8 heteroatoms. The summed E-state index contributed by atoms with van der Waals surface area (Å²) in [6, 6.07) is 15.1. The van der Waals surface area contributed by atoms with Crippen LogP contribution in [0, 0.1) is 0 Å². The maximum Gasteiger partial charge on any atom is 0.243 e. The number of sulfonamides is 1. The quantitative estimate of drug-likeness (QED) is 0.508. The lowest BCUT2D eigenvalue weighted by atomic mass is 10.1. The monoisotopic (exact) mass is 381 g/mol. The van der Waals surface area contributed by atoms with E-state index >= 15 is 0 Å². The molecule has 3 heterocycles. The molecule has 4 aromatic rings. The number of para-hydroxylation sites is 1. The predicted octanol–water partition coefficient (Wildman–Crippen LogP) is 2.31. The topological polar surface area (TPSA) is 93.9 Å². The highest BCUT2D eigenvalue weighted by atomic mass is 32.2. The Balaban J connectivity index is 1.57. The van der Waals surface area contributed by atoms with Gasteiger partial charge in [-0.25, -0.2) is 8.42 Å². The van der Waals surface area contributed by atoms with Crippen molar-refractivity contribution in [3.05, 3.63) is 48.5 Å². The number of hydrogen-bond acceptors (Lipinski definition) is 4. The molecule has 1 saturated heterocycles. The summed E-state index contributed by atoms with van der Waals surface area (Å²) in [6.07, 6.45) is 0. The van der Waals surface area contributed by atoms with Gasteiger partial charge >= 0.3 is 0 Å². The molecule has 2 aromatic carbocycles. The predicted molar refractivity (Wildman–Crippen MR) is 105 cm³/mol. The molecule has 1 aliphatic rings. The summed E-state index contributed by atoms with van der Waals surface area (Å²) < 4.78 is 27.4.